The lowest BCUT2D eigenvalue weighted by Gasteiger charge is -2.08. The molecule has 0 atom stereocenters. The summed E-state index contributed by atoms with van der Waals surface area (Å²) in [7, 11) is 0. The summed E-state index contributed by atoms with van der Waals surface area (Å²) in [5.74, 6) is 0.766. The first kappa shape index (κ1) is 18.3. The maximum absolute atomic E-state index is 12.5. The Kier molecular flexibility index (Phi) is 4.82. The van der Waals surface area contributed by atoms with Crippen LogP contribution in [-0.2, 0) is 4.79 Å². The minimum Gasteiger partial charge on any atom is -0.325 e. The average Bonchev–Trinajstić information content (AvgIpc) is 3.22. The van der Waals surface area contributed by atoms with Crippen LogP contribution >= 0.6 is 11.8 Å². The summed E-state index contributed by atoms with van der Waals surface area (Å²) in [5, 5.41) is 18.8. The van der Waals surface area contributed by atoms with Crippen LogP contribution in [0.5, 0.6) is 0 Å². The average molecular weight is 412 g/mol. The van der Waals surface area contributed by atoms with Crippen LogP contribution in [0.2, 0.25) is 0 Å². The zero-order chi connectivity index (χ0) is 20.3. The molecule has 0 saturated carbocycles. The largest absolute Gasteiger partial charge is 0.325 e. The van der Waals surface area contributed by atoms with E-state index in [1.807, 2.05) is 66.7 Å². The first-order chi connectivity index (χ1) is 14.8. The van der Waals surface area contributed by atoms with Crippen molar-refractivity contribution in [3.8, 4) is 11.4 Å². The number of fused-ring (bicyclic) bond motifs is 2. The third-order valence-electron chi connectivity index (χ3n) is 4.57. The van der Waals surface area contributed by atoms with Crippen LogP contribution in [0.4, 0.5) is 5.69 Å². The summed E-state index contributed by atoms with van der Waals surface area (Å²) in [6.07, 6.45) is 3.42. The van der Waals surface area contributed by atoms with Gasteiger partial charge in [0.15, 0.2) is 11.5 Å². The molecule has 3 aromatic heterocycles. The van der Waals surface area contributed by atoms with E-state index in [0.717, 1.165) is 22.0 Å². The normalized spacial score (nSPS) is 11.1. The second-order valence-corrected chi connectivity index (χ2v) is 7.57. The SMILES string of the molecule is O=C(CSc1ccc2nnc(-c3cccnc3)n2n1)Nc1cccc2ccccc12. The molecule has 0 unspecified atom stereocenters. The van der Waals surface area contributed by atoms with Crippen LogP contribution in [0.3, 0.4) is 0 Å². The van der Waals surface area contributed by atoms with Gasteiger partial charge in [-0.15, -0.1) is 10.2 Å². The molecule has 0 saturated heterocycles. The van der Waals surface area contributed by atoms with E-state index in [-0.39, 0.29) is 11.7 Å². The smallest absolute Gasteiger partial charge is 0.234 e. The van der Waals surface area contributed by atoms with Crippen LogP contribution in [0.1, 0.15) is 0 Å². The fourth-order valence-electron chi connectivity index (χ4n) is 3.18. The molecule has 30 heavy (non-hydrogen) atoms. The van der Waals surface area contributed by atoms with Gasteiger partial charge in [-0.1, -0.05) is 48.2 Å². The minimum atomic E-state index is -0.0884. The number of carbonyl (C=O) groups excluding carboxylic acids is 1. The Labute approximate surface area is 176 Å². The van der Waals surface area contributed by atoms with E-state index in [4.69, 9.17) is 0 Å². The topological polar surface area (TPSA) is 85.1 Å². The third kappa shape index (κ3) is 3.60. The molecule has 0 aliphatic rings. The van der Waals surface area contributed by atoms with Gasteiger partial charge in [-0.05, 0) is 35.7 Å². The summed E-state index contributed by atoms with van der Waals surface area (Å²) >= 11 is 1.36. The van der Waals surface area contributed by atoms with Crippen LogP contribution in [-0.4, -0.2) is 36.5 Å². The van der Waals surface area contributed by atoms with Crippen molar-refractivity contribution in [1.29, 1.82) is 0 Å². The maximum atomic E-state index is 12.5. The predicted octanol–water partition coefficient (Wildman–Crippen LogP) is 4.07. The van der Waals surface area contributed by atoms with Crippen molar-refractivity contribution in [1.82, 2.24) is 24.8 Å². The highest BCUT2D eigenvalue weighted by molar-refractivity contribution is 7.99. The van der Waals surface area contributed by atoms with Gasteiger partial charge < -0.3 is 5.32 Å². The summed E-state index contributed by atoms with van der Waals surface area (Å²) in [6.45, 7) is 0. The number of anilines is 1. The number of nitrogens with one attached hydrogen (secondary N) is 1. The van der Waals surface area contributed by atoms with Crippen molar-refractivity contribution in [3.63, 3.8) is 0 Å². The van der Waals surface area contributed by atoms with Crippen LogP contribution in [0, 0.1) is 0 Å². The van der Waals surface area contributed by atoms with Crippen molar-refractivity contribution in [3.05, 3.63) is 79.1 Å². The van der Waals surface area contributed by atoms with Crippen molar-refractivity contribution < 1.29 is 4.79 Å². The molecule has 8 heteroatoms. The number of hydrogen-bond donors (Lipinski definition) is 1. The summed E-state index contributed by atoms with van der Waals surface area (Å²) in [5.41, 5.74) is 2.27. The highest BCUT2D eigenvalue weighted by atomic mass is 32.2. The number of pyridine rings is 1. The molecule has 146 valence electrons. The molecule has 1 amide bonds. The molecule has 1 N–H and O–H groups in total. The number of rotatable bonds is 5. The van der Waals surface area contributed by atoms with Gasteiger partial charge in [0, 0.05) is 29.0 Å². The van der Waals surface area contributed by atoms with Gasteiger partial charge in [0.25, 0.3) is 0 Å². The Morgan fingerprint density at radius 1 is 0.967 bits per heavy atom. The zero-order valence-corrected chi connectivity index (χ0v) is 16.6. The van der Waals surface area contributed by atoms with Crippen molar-refractivity contribution in [2.45, 2.75) is 5.03 Å². The lowest BCUT2D eigenvalue weighted by atomic mass is 10.1. The van der Waals surface area contributed by atoms with E-state index < -0.39 is 0 Å². The maximum Gasteiger partial charge on any atom is 0.234 e. The zero-order valence-electron chi connectivity index (χ0n) is 15.8. The van der Waals surface area contributed by atoms with Gasteiger partial charge in [0.05, 0.1) is 5.75 Å². The second-order valence-electron chi connectivity index (χ2n) is 6.57. The van der Waals surface area contributed by atoms with Gasteiger partial charge in [-0.25, -0.2) is 0 Å². The van der Waals surface area contributed by atoms with Crippen molar-refractivity contribution >= 4 is 39.8 Å². The van der Waals surface area contributed by atoms with E-state index in [9.17, 15) is 4.79 Å². The van der Waals surface area contributed by atoms with Crippen LogP contribution in [0.15, 0.2) is 84.1 Å². The Balaban J connectivity index is 1.33. The number of thioether (sulfide) groups is 1. The van der Waals surface area contributed by atoms with E-state index in [2.05, 4.69) is 25.6 Å². The number of amides is 1. The number of aromatic nitrogens is 5. The van der Waals surface area contributed by atoms with Gasteiger partial charge in [0.2, 0.25) is 5.91 Å². The van der Waals surface area contributed by atoms with Gasteiger partial charge >= 0.3 is 0 Å². The Hall–Kier alpha value is -3.78. The molecular formula is C22H16N6OS. The molecule has 0 radical (unpaired) electrons. The van der Waals surface area contributed by atoms with Crippen molar-refractivity contribution in [2.75, 3.05) is 11.1 Å². The van der Waals surface area contributed by atoms with Crippen LogP contribution < -0.4 is 5.32 Å². The molecule has 0 spiro atoms. The first-order valence-corrected chi connectivity index (χ1v) is 10.3. The third-order valence-corrected chi connectivity index (χ3v) is 5.49. The van der Waals surface area contributed by atoms with Gasteiger partial charge in [0.1, 0.15) is 5.03 Å². The number of benzene rings is 2. The lowest BCUT2D eigenvalue weighted by Crippen LogP contribution is -2.14. The molecular weight excluding hydrogens is 396 g/mol. The summed E-state index contributed by atoms with van der Waals surface area (Å²) < 4.78 is 1.67. The monoisotopic (exact) mass is 412 g/mol. The molecule has 5 rings (SSSR count). The Morgan fingerprint density at radius 3 is 2.77 bits per heavy atom. The van der Waals surface area contributed by atoms with Gasteiger partial charge in [-0.3, -0.25) is 9.78 Å². The minimum absolute atomic E-state index is 0.0884. The summed E-state index contributed by atoms with van der Waals surface area (Å²) in [6, 6.07) is 21.3. The predicted molar refractivity (Wildman–Crippen MR) is 117 cm³/mol. The molecule has 0 bridgehead atoms. The first-order valence-electron chi connectivity index (χ1n) is 9.31. The highest BCUT2D eigenvalue weighted by Gasteiger charge is 2.12. The van der Waals surface area contributed by atoms with Gasteiger partial charge in [-0.2, -0.15) is 9.61 Å². The second kappa shape index (κ2) is 7.92. The molecule has 0 aliphatic carbocycles. The number of nitrogens with zero attached hydrogens (tertiary/aromatic N) is 5. The fourth-order valence-corrected chi connectivity index (χ4v) is 3.84. The quantitative estimate of drug-likeness (QED) is 0.438. The molecule has 7 nitrogen and oxygen atoms in total. The van der Waals surface area contributed by atoms with E-state index in [1.165, 1.54) is 11.8 Å². The Morgan fingerprint density at radius 2 is 1.87 bits per heavy atom. The van der Waals surface area contributed by atoms with Crippen molar-refractivity contribution in [2.24, 2.45) is 0 Å². The Bertz CT molecular complexity index is 1350. The van der Waals surface area contributed by atoms with Crippen LogP contribution in [0.25, 0.3) is 27.8 Å². The molecule has 5 aromatic rings. The number of carbonyl (C=O) groups is 1. The molecule has 0 fully saturated rings. The standard InChI is InChI=1S/C22H16N6OS/c29-20(24-18-9-3-6-15-5-1-2-8-17(15)18)14-30-21-11-10-19-25-26-22(28(19)27-21)16-7-4-12-23-13-16/h1-13H,14H2,(H,24,29). The summed E-state index contributed by atoms with van der Waals surface area (Å²) in [4.78, 5) is 16.7. The fraction of sp³-hybridized carbons (Fsp3) is 0.0455. The van der Waals surface area contributed by atoms with E-state index in [1.54, 1.807) is 16.9 Å². The van der Waals surface area contributed by atoms with E-state index in [0.29, 0.717) is 16.5 Å². The van der Waals surface area contributed by atoms with E-state index >= 15 is 0 Å². The molecule has 2 aromatic carbocycles. The number of hydrogen-bond acceptors (Lipinski definition) is 6. The molecule has 3 heterocycles. The highest BCUT2D eigenvalue weighted by Crippen LogP contribution is 2.24. The lowest BCUT2D eigenvalue weighted by molar-refractivity contribution is -0.113. The molecule has 0 aliphatic heterocycles.